The van der Waals surface area contributed by atoms with Crippen LogP contribution in [-0.4, -0.2) is 11.5 Å². The molecule has 0 aliphatic rings. The Morgan fingerprint density at radius 1 is 1.29 bits per heavy atom. The highest BCUT2D eigenvalue weighted by molar-refractivity contribution is 5.49. The molecule has 2 N–H and O–H groups in total. The summed E-state index contributed by atoms with van der Waals surface area (Å²) in [5.41, 5.74) is 9.09. The van der Waals surface area contributed by atoms with Crippen molar-refractivity contribution in [2.45, 2.75) is 33.4 Å². The number of hydrogen-bond donors (Lipinski definition) is 1. The number of benzene rings is 1. The van der Waals surface area contributed by atoms with Crippen LogP contribution in [0.5, 0.6) is 0 Å². The monoisotopic (exact) mass is 287 g/mol. The van der Waals surface area contributed by atoms with Gasteiger partial charge in [-0.25, -0.2) is 4.39 Å². The molecule has 3 nitrogen and oxygen atoms in total. The van der Waals surface area contributed by atoms with Gasteiger partial charge in [-0.15, -0.1) is 0 Å². The molecule has 1 aromatic heterocycles. The second-order valence-corrected chi connectivity index (χ2v) is 5.28. The van der Waals surface area contributed by atoms with E-state index in [4.69, 9.17) is 5.73 Å². The smallest absolute Gasteiger partial charge is 0.146 e. The zero-order chi connectivity index (χ0) is 15.4. The summed E-state index contributed by atoms with van der Waals surface area (Å²) in [5.74, 6) is -0.237. The second-order valence-electron chi connectivity index (χ2n) is 5.28. The zero-order valence-electron chi connectivity index (χ0n) is 12.8. The molecule has 0 saturated heterocycles. The minimum atomic E-state index is -0.237. The normalized spacial score (nSPS) is 12.2. The molecule has 2 rings (SSSR count). The van der Waals surface area contributed by atoms with Gasteiger partial charge >= 0.3 is 0 Å². The molecule has 0 aliphatic carbocycles. The van der Waals surface area contributed by atoms with Gasteiger partial charge < -0.3 is 10.6 Å². The molecule has 0 radical (unpaired) electrons. The summed E-state index contributed by atoms with van der Waals surface area (Å²) in [7, 11) is 0. The van der Waals surface area contributed by atoms with Gasteiger partial charge in [-0.05, 0) is 50.6 Å². The molecule has 0 amide bonds. The fourth-order valence-corrected chi connectivity index (χ4v) is 2.31. The Kier molecular flexibility index (Phi) is 4.91. The first-order chi connectivity index (χ1) is 10.0. The van der Waals surface area contributed by atoms with E-state index in [0.29, 0.717) is 18.8 Å². The van der Waals surface area contributed by atoms with E-state index in [2.05, 4.69) is 4.98 Å². The Bertz CT molecular complexity index is 611. The van der Waals surface area contributed by atoms with Gasteiger partial charge in [0.1, 0.15) is 5.82 Å². The number of pyridine rings is 1. The summed E-state index contributed by atoms with van der Waals surface area (Å²) in [6.07, 6.45) is 0. The van der Waals surface area contributed by atoms with Crippen LogP contribution in [0.2, 0.25) is 0 Å². The van der Waals surface area contributed by atoms with E-state index >= 15 is 0 Å². The third-order valence-corrected chi connectivity index (χ3v) is 3.52. The van der Waals surface area contributed by atoms with E-state index in [1.807, 2.05) is 49.9 Å². The lowest BCUT2D eigenvalue weighted by Gasteiger charge is -2.24. The van der Waals surface area contributed by atoms with E-state index in [1.54, 1.807) is 6.07 Å². The summed E-state index contributed by atoms with van der Waals surface area (Å²) in [6.45, 7) is 7.12. The van der Waals surface area contributed by atoms with E-state index in [-0.39, 0.29) is 11.9 Å². The highest BCUT2D eigenvalue weighted by Gasteiger charge is 2.13. The Morgan fingerprint density at radius 2 is 2.05 bits per heavy atom. The van der Waals surface area contributed by atoms with Gasteiger partial charge in [-0.3, -0.25) is 4.98 Å². The summed E-state index contributed by atoms with van der Waals surface area (Å²) >= 11 is 0. The molecular weight excluding hydrogens is 265 g/mol. The van der Waals surface area contributed by atoms with E-state index in [9.17, 15) is 4.39 Å². The fourth-order valence-electron chi connectivity index (χ4n) is 2.31. The average Bonchev–Trinajstić information content (AvgIpc) is 2.45. The summed E-state index contributed by atoms with van der Waals surface area (Å²) < 4.78 is 14.3. The highest BCUT2D eigenvalue weighted by Crippen LogP contribution is 2.24. The largest absolute Gasteiger partial charge is 0.364 e. The van der Waals surface area contributed by atoms with Crippen molar-refractivity contribution < 1.29 is 4.39 Å². The molecule has 0 fully saturated rings. The summed E-state index contributed by atoms with van der Waals surface area (Å²) in [5, 5.41) is 0. The molecule has 2 aromatic rings. The number of anilines is 1. The number of aryl methyl sites for hydroxylation is 1. The highest BCUT2D eigenvalue weighted by atomic mass is 19.1. The Hall–Kier alpha value is -1.94. The number of hydrogen-bond acceptors (Lipinski definition) is 3. The van der Waals surface area contributed by atoms with Gasteiger partial charge in [0.05, 0.1) is 17.9 Å². The van der Waals surface area contributed by atoms with Crippen molar-refractivity contribution in [3.05, 3.63) is 59.2 Å². The lowest BCUT2D eigenvalue weighted by molar-refractivity contribution is 0.612. The third kappa shape index (κ3) is 3.79. The van der Waals surface area contributed by atoms with Gasteiger partial charge in [-0.1, -0.05) is 12.1 Å². The minimum absolute atomic E-state index is 0.165. The van der Waals surface area contributed by atoms with Crippen LogP contribution in [0.3, 0.4) is 0 Å². The van der Waals surface area contributed by atoms with Crippen molar-refractivity contribution in [3.63, 3.8) is 0 Å². The Balaban J connectivity index is 2.25. The lowest BCUT2D eigenvalue weighted by atomic mass is 10.1. The number of aromatic nitrogens is 1. The number of nitrogens with zero attached hydrogens (tertiary/aromatic N) is 2. The quantitative estimate of drug-likeness (QED) is 0.914. The molecule has 112 valence electrons. The predicted molar refractivity (Wildman–Crippen MR) is 84.7 cm³/mol. The number of nitrogens with two attached hydrogens (primary N) is 1. The van der Waals surface area contributed by atoms with Crippen LogP contribution in [0.4, 0.5) is 10.1 Å². The first kappa shape index (κ1) is 15.4. The zero-order valence-corrected chi connectivity index (χ0v) is 12.8. The maximum Gasteiger partial charge on any atom is 0.146 e. The van der Waals surface area contributed by atoms with Crippen molar-refractivity contribution in [2.24, 2.45) is 5.73 Å². The third-order valence-electron chi connectivity index (χ3n) is 3.52. The Morgan fingerprint density at radius 3 is 2.62 bits per heavy atom. The minimum Gasteiger partial charge on any atom is -0.364 e. The van der Waals surface area contributed by atoms with Gasteiger partial charge in [0.15, 0.2) is 0 Å². The van der Waals surface area contributed by atoms with Crippen LogP contribution in [0.25, 0.3) is 0 Å². The summed E-state index contributed by atoms with van der Waals surface area (Å²) in [6, 6.07) is 10.9. The molecule has 4 heteroatoms. The molecular formula is C17H22FN3. The molecule has 1 heterocycles. The van der Waals surface area contributed by atoms with E-state index in [1.165, 1.54) is 6.07 Å². The summed E-state index contributed by atoms with van der Waals surface area (Å²) in [4.78, 5) is 6.45. The maximum absolute atomic E-state index is 14.3. The molecule has 0 saturated carbocycles. The molecule has 0 aliphatic heterocycles. The molecule has 0 spiro atoms. The van der Waals surface area contributed by atoms with Crippen molar-refractivity contribution >= 4 is 5.69 Å². The first-order valence-electron chi connectivity index (χ1n) is 7.23. The van der Waals surface area contributed by atoms with Gasteiger partial charge in [-0.2, -0.15) is 0 Å². The maximum atomic E-state index is 14.3. The van der Waals surface area contributed by atoms with Crippen LogP contribution in [0.15, 0.2) is 36.4 Å². The number of halogens is 1. The average molecular weight is 287 g/mol. The van der Waals surface area contributed by atoms with Crippen LogP contribution in [0.1, 0.15) is 36.8 Å². The first-order valence-corrected chi connectivity index (χ1v) is 7.23. The van der Waals surface area contributed by atoms with Crippen LogP contribution in [-0.2, 0) is 6.54 Å². The number of rotatable bonds is 5. The standard InChI is InChI=1S/C17H22FN3/c1-4-21(11-15-7-5-6-12(2)20-15)17-9-8-14(13(3)19)10-16(17)18/h5-10,13H,4,11,19H2,1-3H3. The van der Waals surface area contributed by atoms with E-state index < -0.39 is 0 Å². The van der Waals surface area contributed by atoms with Crippen molar-refractivity contribution in [1.29, 1.82) is 0 Å². The van der Waals surface area contributed by atoms with Crippen LogP contribution >= 0.6 is 0 Å². The van der Waals surface area contributed by atoms with Crippen molar-refractivity contribution in [2.75, 3.05) is 11.4 Å². The molecule has 1 atom stereocenters. The van der Waals surface area contributed by atoms with Crippen LogP contribution in [0, 0.1) is 12.7 Å². The van der Waals surface area contributed by atoms with Crippen LogP contribution < -0.4 is 10.6 Å². The lowest BCUT2D eigenvalue weighted by Crippen LogP contribution is -2.24. The fraction of sp³-hybridized carbons (Fsp3) is 0.353. The van der Waals surface area contributed by atoms with Crippen molar-refractivity contribution in [3.8, 4) is 0 Å². The van der Waals surface area contributed by atoms with Gasteiger partial charge in [0.2, 0.25) is 0 Å². The van der Waals surface area contributed by atoms with Crippen molar-refractivity contribution in [1.82, 2.24) is 4.98 Å². The Labute approximate surface area is 125 Å². The predicted octanol–water partition coefficient (Wildman–Crippen LogP) is 3.58. The SMILES string of the molecule is CCN(Cc1cccc(C)n1)c1ccc(C(C)N)cc1F. The topological polar surface area (TPSA) is 42.2 Å². The van der Waals surface area contributed by atoms with Gasteiger partial charge in [0, 0.05) is 18.3 Å². The second kappa shape index (κ2) is 6.68. The molecule has 1 unspecified atom stereocenters. The molecule has 21 heavy (non-hydrogen) atoms. The van der Waals surface area contributed by atoms with Gasteiger partial charge in [0.25, 0.3) is 0 Å². The molecule has 0 bridgehead atoms. The molecule has 1 aromatic carbocycles. The van der Waals surface area contributed by atoms with E-state index in [0.717, 1.165) is 17.0 Å².